The van der Waals surface area contributed by atoms with Crippen molar-refractivity contribution in [1.82, 2.24) is 0 Å². The highest BCUT2D eigenvalue weighted by Crippen LogP contribution is 2.05. The Balaban J connectivity index is 0.000000292. The van der Waals surface area contributed by atoms with E-state index >= 15 is 0 Å². The van der Waals surface area contributed by atoms with Gasteiger partial charge in [0.05, 0.1) is 7.11 Å². The molecule has 4 heteroatoms. The fourth-order valence-corrected chi connectivity index (χ4v) is 0.557. The molecule has 0 aromatic heterocycles. The zero-order valence-electron chi connectivity index (χ0n) is 6.23. The number of hydrogen-bond donors (Lipinski definition) is 1. The number of rotatable bonds is 1. The van der Waals surface area contributed by atoms with E-state index in [1.807, 2.05) is 30.3 Å². The summed E-state index contributed by atoms with van der Waals surface area (Å²) in [6.07, 6.45) is 0. The van der Waals surface area contributed by atoms with E-state index < -0.39 is 8.69 Å². The first-order chi connectivity index (χ1) is 5.35. The molecule has 0 aliphatic heterocycles. The predicted molar refractivity (Wildman–Crippen MR) is 45.6 cm³/mol. The monoisotopic (exact) mass is 174 g/mol. The summed E-state index contributed by atoms with van der Waals surface area (Å²) >= 11 is 0. The molecule has 0 radical (unpaired) electrons. The number of para-hydroxylation sites is 1. The van der Waals surface area contributed by atoms with Gasteiger partial charge in [-0.05, 0) is 12.1 Å². The molecule has 0 saturated heterocycles. The van der Waals surface area contributed by atoms with Crippen LogP contribution in [0.5, 0.6) is 5.75 Å². The van der Waals surface area contributed by atoms with Crippen LogP contribution >= 0.6 is 8.69 Å². The van der Waals surface area contributed by atoms with Crippen molar-refractivity contribution >= 4 is 8.69 Å². The molecule has 0 aliphatic rings. The summed E-state index contributed by atoms with van der Waals surface area (Å²) in [6, 6.07) is 9.68. The fraction of sp³-hybridized carbons (Fsp3) is 0.143. The third-order valence-electron chi connectivity index (χ3n) is 0.979. The maximum Gasteiger partial charge on any atom is 0.177 e. The van der Waals surface area contributed by atoms with Crippen LogP contribution in [-0.2, 0) is 4.57 Å². The molecule has 0 heterocycles. The zero-order chi connectivity index (χ0) is 8.53. The molecule has 0 saturated carbocycles. The topological polar surface area (TPSA) is 46.5 Å². The van der Waals surface area contributed by atoms with Gasteiger partial charge in [0.25, 0.3) is 0 Å². The second kappa shape index (κ2) is 7.32. The molecule has 0 spiro atoms. The van der Waals surface area contributed by atoms with E-state index in [0.717, 1.165) is 5.75 Å². The van der Waals surface area contributed by atoms with Gasteiger partial charge in [0.15, 0.2) is 8.69 Å². The maximum atomic E-state index is 8.57. The molecular formula is C7H11O3P. The van der Waals surface area contributed by atoms with Gasteiger partial charge in [0.2, 0.25) is 0 Å². The van der Waals surface area contributed by atoms with E-state index in [2.05, 4.69) is 0 Å². The second-order valence-electron chi connectivity index (χ2n) is 1.62. The van der Waals surface area contributed by atoms with Crippen LogP contribution in [-0.4, -0.2) is 12.0 Å². The molecule has 1 aromatic carbocycles. The molecule has 0 aliphatic carbocycles. The molecule has 1 rings (SSSR count). The lowest BCUT2D eigenvalue weighted by atomic mass is 10.3. The van der Waals surface area contributed by atoms with E-state index in [-0.39, 0.29) is 0 Å². The lowest BCUT2D eigenvalue weighted by Crippen LogP contribution is -1.78. The van der Waals surface area contributed by atoms with Gasteiger partial charge in [0.1, 0.15) is 5.75 Å². The Kier molecular flexibility index (Phi) is 6.79. The van der Waals surface area contributed by atoms with Crippen LogP contribution in [0.25, 0.3) is 0 Å². The van der Waals surface area contributed by atoms with Crippen LogP contribution in [0.3, 0.4) is 0 Å². The number of methoxy groups -OCH3 is 1. The first-order valence-electron chi connectivity index (χ1n) is 3.02. The standard InChI is InChI=1S/C7H8O.H3O2P/c1-8-7-5-3-2-4-6-7;1-3-2/h2-6H,1H3;3H2,(H,1,2). The Hall–Kier alpha value is -0.790. The lowest BCUT2D eigenvalue weighted by Gasteiger charge is -1.93. The molecule has 1 N–H and O–H groups in total. The van der Waals surface area contributed by atoms with Crippen molar-refractivity contribution in [1.29, 1.82) is 0 Å². The van der Waals surface area contributed by atoms with Crippen molar-refractivity contribution in [3.05, 3.63) is 30.3 Å². The van der Waals surface area contributed by atoms with Gasteiger partial charge >= 0.3 is 0 Å². The molecule has 62 valence electrons. The third-order valence-corrected chi connectivity index (χ3v) is 0.979. The van der Waals surface area contributed by atoms with Crippen molar-refractivity contribution in [3.8, 4) is 5.75 Å². The van der Waals surface area contributed by atoms with Gasteiger partial charge < -0.3 is 9.63 Å². The second-order valence-corrected chi connectivity index (χ2v) is 1.83. The molecule has 1 unspecified atom stereocenters. The van der Waals surface area contributed by atoms with Crippen molar-refractivity contribution in [3.63, 3.8) is 0 Å². The lowest BCUT2D eigenvalue weighted by molar-refractivity contribution is 0.415. The van der Waals surface area contributed by atoms with E-state index in [9.17, 15) is 0 Å². The summed E-state index contributed by atoms with van der Waals surface area (Å²) in [5.41, 5.74) is 0. The number of hydrogen-bond acceptors (Lipinski definition) is 2. The fourth-order valence-electron chi connectivity index (χ4n) is 0.557. The minimum absolute atomic E-state index is 0.910. The van der Waals surface area contributed by atoms with Gasteiger partial charge in [0, 0.05) is 0 Å². The summed E-state index contributed by atoms with van der Waals surface area (Å²) in [5.74, 6) is 0.910. The number of ether oxygens (including phenoxy) is 1. The average Bonchev–Trinajstić information content (AvgIpc) is 2.08. The summed E-state index contributed by atoms with van der Waals surface area (Å²) in [4.78, 5) is 7.10. The van der Waals surface area contributed by atoms with E-state index in [1.165, 1.54) is 0 Å². The van der Waals surface area contributed by atoms with Gasteiger partial charge in [-0.2, -0.15) is 0 Å². The van der Waals surface area contributed by atoms with Crippen LogP contribution < -0.4 is 4.74 Å². The Labute approximate surface area is 66.9 Å². The SMILES string of the molecule is COc1ccccc1.O=[PH2]O. The summed E-state index contributed by atoms with van der Waals surface area (Å²) < 4.78 is 13.5. The van der Waals surface area contributed by atoms with Crippen LogP contribution in [0.2, 0.25) is 0 Å². The summed E-state index contributed by atoms with van der Waals surface area (Å²) in [7, 11) is 0.162. The molecule has 0 fully saturated rings. The molecule has 11 heavy (non-hydrogen) atoms. The van der Waals surface area contributed by atoms with Crippen LogP contribution in [0.15, 0.2) is 30.3 Å². The van der Waals surface area contributed by atoms with Crippen LogP contribution in [0.1, 0.15) is 0 Å². The Morgan fingerprint density at radius 3 is 2.09 bits per heavy atom. The molecule has 0 amide bonds. The van der Waals surface area contributed by atoms with E-state index in [4.69, 9.17) is 14.2 Å². The van der Waals surface area contributed by atoms with Gasteiger partial charge in [-0.1, -0.05) is 18.2 Å². The maximum absolute atomic E-state index is 8.57. The highest BCUT2D eigenvalue weighted by atomic mass is 31.1. The van der Waals surface area contributed by atoms with Crippen molar-refractivity contribution < 1.29 is 14.2 Å². The highest BCUT2D eigenvalue weighted by molar-refractivity contribution is 7.16. The Morgan fingerprint density at radius 2 is 1.82 bits per heavy atom. The first-order valence-corrected chi connectivity index (χ1v) is 4.00. The molecule has 1 atom stereocenters. The first kappa shape index (κ1) is 10.2. The molecule has 3 nitrogen and oxygen atoms in total. The number of benzene rings is 1. The Morgan fingerprint density at radius 1 is 1.36 bits per heavy atom. The smallest absolute Gasteiger partial charge is 0.177 e. The molecule has 1 aromatic rings. The van der Waals surface area contributed by atoms with E-state index in [1.54, 1.807) is 7.11 Å². The van der Waals surface area contributed by atoms with Crippen LogP contribution in [0, 0.1) is 0 Å². The van der Waals surface area contributed by atoms with Crippen molar-refractivity contribution in [2.24, 2.45) is 0 Å². The Bertz CT molecular complexity index is 188. The summed E-state index contributed by atoms with van der Waals surface area (Å²) in [5, 5.41) is 0. The van der Waals surface area contributed by atoms with Gasteiger partial charge in [-0.25, -0.2) is 0 Å². The average molecular weight is 174 g/mol. The van der Waals surface area contributed by atoms with Crippen molar-refractivity contribution in [2.45, 2.75) is 0 Å². The predicted octanol–water partition coefficient (Wildman–Crippen LogP) is 1.35. The highest BCUT2D eigenvalue weighted by Gasteiger charge is 1.80. The molecular weight excluding hydrogens is 163 g/mol. The van der Waals surface area contributed by atoms with E-state index in [0.29, 0.717) is 0 Å². The third kappa shape index (κ3) is 5.64. The van der Waals surface area contributed by atoms with Gasteiger partial charge in [-0.3, -0.25) is 4.57 Å². The summed E-state index contributed by atoms with van der Waals surface area (Å²) in [6.45, 7) is 0. The normalized spacial score (nSPS) is 8.91. The van der Waals surface area contributed by atoms with Crippen LogP contribution in [0.4, 0.5) is 0 Å². The van der Waals surface area contributed by atoms with Crippen molar-refractivity contribution in [2.75, 3.05) is 7.11 Å². The minimum atomic E-state index is -1.50. The van der Waals surface area contributed by atoms with Gasteiger partial charge in [-0.15, -0.1) is 0 Å². The molecule has 0 bridgehead atoms. The largest absolute Gasteiger partial charge is 0.497 e. The minimum Gasteiger partial charge on any atom is -0.497 e. The zero-order valence-corrected chi connectivity index (χ0v) is 7.38. The quantitative estimate of drug-likeness (QED) is 0.653.